The first kappa shape index (κ1) is 16.2. The van der Waals surface area contributed by atoms with Gasteiger partial charge in [0.25, 0.3) is 5.91 Å². The normalized spacial score (nSPS) is 12.1. The summed E-state index contributed by atoms with van der Waals surface area (Å²) in [6.45, 7) is 4.57. The van der Waals surface area contributed by atoms with Gasteiger partial charge in [-0.2, -0.15) is 0 Å². The van der Waals surface area contributed by atoms with E-state index in [2.05, 4.69) is 60.0 Å². The molecule has 3 nitrogen and oxygen atoms in total. The lowest BCUT2D eigenvalue weighted by atomic mass is 10.00. The van der Waals surface area contributed by atoms with Crippen molar-refractivity contribution in [1.82, 2.24) is 0 Å². The lowest BCUT2D eigenvalue weighted by Crippen LogP contribution is -2.86. The quantitative estimate of drug-likeness (QED) is 0.744. The first-order valence-electron chi connectivity index (χ1n) is 8.31. The van der Waals surface area contributed by atoms with E-state index < -0.39 is 0 Å². The van der Waals surface area contributed by atoms with Crippen LogP contribution < -0.4 is 10.6 Å². The molecular formula is C21H23N2O+. The van der Waals surface area contributed by atoms with Crippen LogP contribution in [0.1, 0.15) is 24.1 Å². The molecule has 1 amide bonds. The fourth-order valence-corrected chi connectivity index (χ4v) is 2.91. The molecular weight excluding hydrogens is 296 g/mol. The summed E-state index contributed by atoms with van der Waals surface area (Å²) in [5, 5.41) is 7.51. The average Bonchev–Trinajstić information content (AvgIpc) is 2.61. The number of hydrogen-bond acceptors (Lipinski definition) is 1. The van der Waals surface area contributed by atoms with Crippen LogP contribution in [0.4, 0.5) is 5.69 Å². The molecule has 0 spiro atoms. The molecule has 0 aromatic heterocycles. The minimum Gasteiger partial charge on any atom is -0.332 e. The molecule has 24 heavy (non-hydrogen) atoms. The number of quaternary nitrogens is 1. The van der Waals surface area contributed by atoms with Crippen LogP contribution in [0.5, 0.6) is 0 Å². The minimum atomic E-state index is 0.0194. The van der Waals surface area contributed by atoms with Crippen LogP contribution in [0.3, 0.4) is 0 Å². The third kappa shape index (κ3) is 3.81. The molecule has 0 unspecified atom stereocenters. The molecule has 3 aromatic rings. The second-order valence-corrected chi connectivity index (χ2v) is 6.21. The Hall–Kier alpha value is -2.65. The van der Waals surface area contributed by atoms with E-state index in [0.29, 0.717) is 6.54 Å². The van der Waals surface area contributed by atoms with Gasteiger partial charge in [-0.15, -0.1) is 0 Å². The summed E-state index contributed by atoms with van der Waals surface area (Å²) >= 11 is 0. The molecule has 0 fully saturated rings. The Morgan fingerprint density at radius 1 is 1.00 bits per heavy atom. The van der Waals surface area contributed by atoms with Gasteiger partial charge in [0, 0.05) is 11.3 Å². The lowest BCUT2D eigenvalue weighted by Gasteiger charge is -2.13. The number of fused-ring (bicyclic) bond motifs is 1. The molecule has 3 N–H and O–H groups in total. The Bertz CT molecular complexity index is 835. The van der Waals surface area contributed by atoms with E-state index >= 15 is 0 Å². The molecule has 3 heteroatoms. The molecule has 0 aliphatic carbocycles. The monoisotopic (exact) mass is 319 g/mol. The predicted octanol–water partition coefficient (Wildman–Crippen LogP) is 3.41. The highest BCUT2D eigenvalue weighted by Crippen LogP contribution is 2.22. The maximum atomic E-state index is 12.2. The zero-order valence-electron chi connectivity index (χ0n) is 14.1. The van der Waals surface area contributed by atoms with Crippen molar-refractivity contribution >= 4 is 22.4 Å². The number of nitrogens with one attached hydrogen (secondary N) is 1. The molecule has 0 saturated carbocycles. The van der Waals surface area contributed by atoms with Gasteiger partial charge >= 0.3 is 0 Å². The van der Waals surface area contributed by atoms with E-state index in [1.807, 2.05) is 31.2 Å². The Balaban J connectivity index is 1.63. The van der Waals surface area contributed by atoms with Crippen molar-refractivity contribution in [2.45, 2.75) is 19.9 Å². The molecule has 122 valence electrons. The molecule has 0 heterocycles. The van der Waals surface area contributed by atoms with E-state index in [-0.39, 0.29) is 11.9 Å². The number of carbonyl (C=O) groups is 1. The molecule has 1 atom stereocenters. The minimum absolute atomic E-state index is 0.0194. The number of nitrogens with two attached hydrogens (primary N) is 1. The first-order valence-corrected chi connectivity index (χ1v) is 8.31. The summed E-state index contributed by atoms with van der Waals surface area (Å²) in [6.07, 6.45) is 0. The van der Waals surface area contributed by atoms with Crippen LogP contribution in [0.2, 0.25) is 0 Å². The Morgan fingerprint density at radius 3 is 2.50 bits per heavy atom. The topological polar surface area (TPSA) is 45.7 Å². The molecule has 3 rings (SSSR count). The Kier molecular flexibility index (Phi) is 4.92. The van der Waals surface area contributed by atoms with Gasteiger partial charge in [-0.25, -0.2) is 0 Å². The van der Waals surface area contributed by atoms with Crippen molar-refractivity contribution < 1.29 is 10.1 Å². The number of rotatable bonds is 5. The largest absolute Gasteiger partial charge is 0.332 e. The second kappa shape index (κ2) is 7.28. The van der Waals surface area contributed by atoms with Crippen LogP contribution >= 0.6 is 0 Å². The Labute approximate surface area is 142 Å². The number of benzene rings is 3. The number of carbonyl (C=O) groups excluding carboxylic acids is 1. The summed E-state index contributed by atoms with van der Waals surface area (Å²) < 4.78 is 0. The van der Waals surface area contributed by atoms with E-state index in [1.165, 1.54) is 21.9 Å². The number of aryl methyl sites for hydroxylation is 1. The second-order valence-electron chi connectivity index (χ2n) is 6.21. The highest BCUT2D eigenvalue weighted by atomic mass is 16.1. The third-order valence-electron chi connectivity index (χ3n) is 4.31. The molecule has 0 aliphatic heterocycles. The molecule has 0 aliphatic rings. The van der Waals surface area contributed by atoms with Gasteiger partial charge in [0.1, 0.15) is 6.04 Å². The zero-order chi connectivity index (χ0) is 16.9. The lowest BCUT2D eigenvalue weighted by molar-refractivity contribution is -0.682. The molecule has 0 saturated heterocycles. The van der Waals surface area contributed by atoms with Crippen LogP contribution in [0.25, 0.3) is 10.8 Å². The van der Waals surface area contributed by atoms with Gasteiger partial charge in [-0.1, -0.05) is 60.2 Å². The van der Waals surface area contributed by atoms with Crippen molar-refractivity contribution in [2.75, 3.05) is 11.9 Å². The van der Waals surface area contributed by atoms with E-state index in [1.54, 1.807) is 0 Å². The van der Waals surface area contributed by atoms with Gasteiger partial charge < -0.3 is 10.6 Å². The summed E-state index contributed by atoms with van der Waals surface area (Å²) in [5.41, 5.74) is 3.29. The molecule has 0 radical (unpaired) electrons. The smallest absolute Gasteiger partial charge is 0.279 e. The number of amides is 1. The summed E-state index contributed by atoms with van der Waals surface area (Å²) in [7, 11) is 0. The van der Waals surface area contributed by atoms with Crippen molar-refractivity contribution in [2.24, 2.45) is 0 Å². The zero-order valence-corrected chi connectivity index (χ0v) is 14.1. The van der Waals surface area contributed by atoms with Crippen molar-refractivity contribution in [1.29, 1.82) is 0 Å². The SMILES string of the molecule is Cc1ccc(NC(=O)C[NH2+][C@H](C)c2cccc3ccccc23)cc1. The van der Waals surface area contributed by atoms with Crippen LogP contribution in [-0.2, 0) is 4.79 Å². The predicted molar refractivity (Wildman–Crippen MR) is 99.0 cm³/mol. The number of anilines is 1. The van der Waals surface area contributed by atoms with E-state index in [4.69, 9.17) is 0 Å². The highest BCUT2D eigenvalue weighted by molar-refractivity contribution is 5.91. The fraction of sp³-hybridized carbons (Fsp3) is 0.190. The fourth-order valence-electron chi connectivity index (χ4n) is 2.91. The van der Waals surface area contributed by atoms with Crippen molar-refractivity contribution in [3.8, 4) is 0 Å². The summed E-state index contributed by atoms with van der Waals surface area (Å²) in [5.74, 6) is 0.0194. The van der Waals surface area contributed by atoms with Gasteiger partial charge in [0.15, 0.2) is 6.54 Å². The summed E-state index contributed by atoms with van der Waals surface area (Å²) in [4.78, 5) is 12.2. The third-order valence-corrected chi connectivity index (χ3v) is 4.31. The first-order chi connectivity index (χ1) is 11.6. The number of hydrogen-bond donors (Lipinski definition) is 2. The van der Waals surface area contributed by atoms with Crippen LogP contribution in [-0.4, -0.2) is 12.5 Å². The van der Waals surface area contributed by atoms with Gasteiger partial charge in [-0.05, 0) is 36.8 Å². The maximum absolute atomic E-state index is 12.2. The summed E-state index contributed by atoms with van der Waals surface area (Å²) in [6, 6.07) is 22.8. The average molecular weight is 319 g/mol. The van der Waals surface area contributed by atoms with Gasteiger partial charge in [0.05, 0.1) is 0 Å². The van der Waals surface area contributed by atoms with Crippen LogP contribution in [0.15, 0.2) is 66.7 Å². The van der Waals surface area contributed by atoms with Gasteiger partial charge in [0.2, 0.25) is 0 Å². The van der Waals surface area contributed by atoms with Crippen molar-refractivity contribution in [3.63, 3.8) is 0 Å². The Morgan fingerprint density at radius 2 is 1.71 bits per heavy atom. The van der Waals surface area contributed by atoms with E-state index in [0.717, 1.165) is 5.69 Å². The van der Waals surface area contributed by atoms with E-state index in [9.17, 15) is 4.79 Å². The van der Waals surface area contributed by atoms with Gasteiger partial charge in [-0.3, -0.25) is 4.79 Å². The van der Waals surface area contributed by atoms with Crippen LogP contribution in [0, 0.1) is 6.92 Å². The maximum Gasteiger partial charge on any atom is 0.279 e. The highest BCUT2D eigenvalue weighted by Gasteiger charge is 2.14. The standard InChI is InChI=1S/C21H22N2O/c1-15-10-12-18(13-11-15)23-21(24)14-22-16(2)19-9-5-7-17-6-3-4-8-20(17)19/h3-13,16,22H,14H2,1-2H3,(H,23,24)/p+1/t16-/m1/s1. The molecule has 0 bridgehead atoms. The molecule has 3 aromatic carbocycles. The van der Waals surface area contributed by atoms with Crippen molar-refractivity contribution in [3.05, 3.63) is 77.9 Å².